The Morgan fingerprint density at radius 3 is 2.54 bits per heavy atom. The average molecular weight is 332 g/mol. The second kappa shape index (κ2) is 7.20. The molecule has 4 heteroatoms. The first-order valence-corrected chi connectivity index (χ1v) is 8.51. The minimum absolute atomic E-state index is 0.115. The lowest BCUT2D eigenvalue weighted by molar-refractivity contribution is -0.115. The first kappa shape index (κ1) is 16.1. The van der Waals surface area contributed by atoms with Crippen molar-refractivity contribution < 1.29 is 4.79 Å². The van der Waals surface area contributed by atoms with E-state index in [0.29, 0.717) is 11.3 Å². The van der Waals surface area contributed by atoms with Gasteiger partial charge in [0.2, 0.25) is 5.91 Å². The first-order valence-electron chi connectivity index (χ1n) is 7.63. The number of thioether (sulfide) groups is 1. The standard InChI is InChI=1S/C20H16N2OS/c1-14(20(23)22-19-9-5-4-8-17(19)13-21)24-18-11-10-15-6-2-3-7-16(15)12-18/h2-12,14H,1H3,(H,22,23)/t14-/m0/s1. The van der Waals surface area contributed by atoms with Gasteiger partial charge in [-0.3, -0.25) is 4.79 Å². The van der Waals surface area contributed by atoms with E-state index >= 15 is 0 Å². The van der Waals surface area contributed by atoms with E-state index in [9.17, 15) is 4.79 Å². The lowest BCUT2D eigenvalue weighted by Gasteiger charge is -2.13. The van der Waals surface area contributed by atoms with Gasteiger partial charge in [-0.15, -0.1) is 11.8 Å². The van der Waals surface area contributed by atoms with Crippen LogP contribution < -0.4 is 5.32 Å². The average Bonchev–Trinajstić information content (AvgIpc) is 2.62. The summed E-state index contributed by atoms with van der Waals surface area (Å²) in [6.45, 7) is 1.87. The van der Waals surface area contributed by atoms with Gasteiger partial charge in [-0.25, -0.2) is 0 Å². The van der Waals surface area contributed by atoms with Crippen LogP contribution in [0.2, 0.25) is 0 Å². The molecule has 0 bridgehead atoms. The maximum Gasteiger partial charge on any atom is 0.237 e. The van der Waals surface area contributed by atoms with E-state index in [4.69, 9.17) is 5.26 Å². The number of nitrogens with zero attached hydrogens (tertiary/aromatic N) is 1. The number of benzene rings is 3. The molecule has 0 aromatic heterocycles. The fourth-order valence-electron chi connectivity index (χ4n) is 2.42. The van der Waals surface area contributed by atoms with Gasteiger partial charge in [0.25, 0.3) is 0 Å². The maximum absolute atomic E-state index is 12.4. The molecule has 1 amide bonds. The van der Waals surface area contributed by atoms with Gasteiger partial charge in [0, 0.05) is 4.90 Å². The van der Waals surface area contributed by atoms with Gasteiger partial charge in [-0.05, 0) is 42.0 Å². The Morgan fingerprint density at radius 1 is 1.04 bits per heavy atom. The number of anilines is 1. The third-order valence-corrected chi connectivity index (χ3v) is 4.80. The second-order valence-electron chi connectivity index (χ2n) is 5.42. The normalized spacial score (nSPS) is 11.7. The number of nitrogens with one attached hydrogen (secondary N) is 1. The van der Waals surface area contributed by atoms with Crippen molar-refractivity contribution in [2.75, 3.05) is 5.32 Å². The van der Waals surface area contributed by atoms with Crippen molar-refractivity contribution in [1.82, 2.24) is 0 Å². The molecule has 0 saturated carbocycles. The predicted molar refractivity (Wildman–Crippen MR) is 99.1 cm³/mol. The van der Waals surface area contributed by atoms with Crippen molar-refractivity contribution >= 4 is 34.1 Å². The van der Waals surface area contributed by atoms with Crippen molar-refractivity contribution in [2.45, 2.75) is 17.1 Å². The monoisotopic (exact) mass is 332 g/mol. The molecule has 0 aliphatic rings. The summed E-state index contributed by atoms with van der Waals surface area (Å²) < 4.78 is 0. The molecule has 0 spiro atoms. The molecular formula is C20H16N2OS. The number of rotatable bonds is 4. The maximum atomic E-state index is 12.4. The minimum Gasteiger partial charge on any atom is -0.324 e. The number of nitriles is 1. The summed E-state index contributed by atoms with van der Waals surface area (Å²) in [5.41, 5.74) is 1.02. The smallest absolute Gasteiger partial charge is 0.237 e. The van der Waals surface area contributed by atoms with Gasteiger partial charge in [0.05, 0.1) is 16.5 Å². The van der Waals surface area contributed by atoms with E-state index < -0.39 is 0 Å². The van der Waals surface area contributed by atoms with E-state index in [2.05, 4.69) is 35.7 Å². The number of amides is 1. The molecule has 0 radical (unpaired) electrons. The molecule has 118 valence electrons. The topological polar surface area (TPSA) is 52.9 Å². The number of hydrogen-bond acceptors (Lipinski definition) is 3. The van der Waals surface area contributed by atoms with Gasteiger partial charge in [0.15, 0.2) is 0 Å². The van der Waals surface area contributed by atoms with Gasteiger partial charge < -0.3 is 5.32 Å². The lowest BCUT2D eigenvalue weighted by atomic mass is 10.1. The van der Waals surface area contributed by atoms with Gasteiger partial charge in [-0.2, -0.15) is 5.26 Å². The van der Waals surface area contributed by atoms with Crippen LogP contribution in [0.3, 0.4) is 0 Å². The quantitative estimate of drug-likeness (QED) is 0.696. The third kappa shape index (κ3) is 3.58. The highest BCUT2D eigenvalue weighted by Crippen LogP contribution is 2.28. The molecule has 0 unspecified atom stereocenters. The van der Waals surface area contributed by atoms with E-state index in [1.807, 2.05) is 25.1 Å². The third-order valence-electron chi connectivity index (χ3n) is 3.71. The highest BCUT2D eigenvalue weighted by Gasteiger charge is 2.16. The van der Waals surface area contributed by atoms with E-state index in [-0.39, 0.29) is 11.2 Å². The predicted octanol–water partition coefficient (Wildman–Crippen LogP) is 4.83. The zero-order chi connectivity index (χ0) is 16.9. The van der Waals surface area contributed by atoms with Crippen LogP contribution in [-0.4, -0.2) is 11.2 Å². The summed E-state index contributed by atoms with van der Waals surface area (Å²) in [7, 11) is 0. The molecule has 1 atom stereocenters. The zero-order valence-corrected chi connectivity index (χ0v) is 14.0. The number of fused-ring (bicyclic) bond motifs is 1. The van der Waals surface area contributed by atoms with Crippen molar-refractivity contribution in [3.63, 3.8) is 0 Å². The Labute approximate surface area is 145 Å². The fraction of sp³-hybridized carbons (Fsp3) is 0.100. The Bertz CT molecular complexity index is 930. The van der Waals surface area contributed by atoms with E-state index in [1.54, 1.807) is 24.3 Å². The molecule has 0 saturated heterocycles. The Morgan fingerprint density at radius 2 is 1.75 bits per heavy atom. The van der Waals surface area contributed by atoms with Crippen LogP contribution in [0, 0.1) is 11.3 Å². The van der Waals surface area contributed by atoms with Crippen LogP contribution in [-0.2, 0) is 4.79 Å². The number of hydrogen-bond donors (Lipinski definition) is 1. The Hall–Kier alpha value is -2.77. The van der Waals surface area contributed by atoms with Gasteiger partial charge in [-0.1, -0.05) is 42.5 Å². The summed E-state index contributed by atoms with van der Waals surface area (Å²) >= 11 is 1.50. The fourth-order valence-corrected chi connectivity index (χ4v) is 3.34. The van der Waals surface area contributed by atoms with E-state index in [0.717, 1.165) is 10.3 Å². The van der Waals surface area contributed by atoms with E-state index in [1.165, 1.54) is 17.1 Å². The van der Waals surface area contributed by atoms with Crippen LogP contribution in [0.4, 0.5) is 5.69 Å². The molecule has 0 fully saturated rings. The minimum atomic E-state index is -0.266. The summed E-state index contributed by atoms with van der Waals surface area (Å²) in [5, 5.41) is 14.0. The van der Waals surface area contributed by atoms with Crippen LogP contribution >= 0.6 is 11.8 Å². The Balaban J connectivity index is 1.72. The van der Waals surface area contributed by atoms with Crippen molar-refractivity contribution in [3.8, 4) is 6.07 Å². The highest BCUT2D eigenvalue weighted by atomic mass is 32.2. The van der Waals surface area contributed by atoms with Gasteiger partial charge in [0.1, 0.15) is 6.07 Å². The summed E-state index contributed by atoms with van der Waals surface area (Å²) in [5.74, 6) is -0.115. The molecule has 3 aromatic carbocycles. The van der Waals surface area contributed by atoms with Crippen LogP contribution in [0.15, 0.2) is 71.6 Å². The van der Waals surface area contributed by atoms with Crippen LogP contribution in [0.5, 0.6) is 0 Å². The number of para-hydroxylation sites is 1. The summed E-state index contributed by atoms with van der Waals surface area (Å²) in [6.07, 6.45) is 0. The van der Waals surface area contributed by atoms with Crippen molar-refractivity contribution in [2.24, 2.45) is 0 Å². The van der Waals surface area contributed by atoms with Crippen molar-refractivity contribution in [1.29, 1.82) is 5.26 Å². The SMILES string of the molecule is C[C@H](Sc1ccc2ccccc2c1)C(=O)Nc1ccccc1C#N. The summed E-state index contributed by atoms with van der Waals surface area (Å²) in [4.78, 5) is 13.5. The van der Waals surface area contributed by atoms with Crippen LogP contribution in [0.25, 0.3) is 10.8 Å². The zero-order valence-electron chi connectivity index (χ0n) is 13.2. The molecule has 1 N–H and O–H groups in total. The van der Waals surface area contributed by atoms with Gasteiger partial charge >= 0.3 is 0 Å². The van der Waals surface area contributed by atoms with Crippen LogP contribution in [0.1, 0.15) is 12.5 Å². The molecule has 24 heavy (non-hydrogen) atoms. The Kier molecular flexibility index (Phi) is 4.83. The first-order chi connectivity index (χ1) is 11.7. The second-order valence-corrected chi connectivity index (χ2v) is 6.83. The molecule has 3 nitrogen and oxygen atoms in total. The highest BCUT2D eigenvalue weighted by molar-refractivity contribution is 8.00. The molecule has 0 aliphatic carbocycles. The molecule has 3 aromatic rings. The molecule has 0 aliphatic heterocycles. The number of carbonyl (C=O) groups excluding carboxylic acids is 1. The largest absolute Gasteiger partial charge is 0.324 e. The summed E-state index contributed by atoms with van der Waals surface area (Å²) in [6, 6.07) is 23.4. The molecular weight excluding hydrogens is 316 g/mol. The molecule has 0 heterocycles. The van der Waals surface area contributed by atoms with Crippen molar-refractivity contribution in [3.05, 3.63) is 72.3 Å². The molecule has 3 rings (SSSR count). The number of carbonyl (C=O) groups is 1. The lowest BCUT2D eigenvalue weighted by Crippen LogP contribution is -2.22.